The van der Waals surface area contributed by atoms with Gasteiger partial charge < -0.3 is 4.98 Å². The molecule has 0 spiro atoms. The maximum Gasteiger partial charge on any atom is 0.169 e. The summed E-state index contributed by atoms with van der Waals surface area (Å²) in [7, 11) is 0. The van der Waals surface area contributed by atoms with Gasteiger partial charge in [-0.25, -0.2) is 9.37 Å². The first-order valence-electron chi connectivity index (χ1n) is 3.07. The van der Waals surface area contributed by atoms with E-state index >= 15 is 0 Å². The van der Waals surface area contributed by atoms with Crippen molar-refractivity contribution in [1.82, 2.24) is 9.97 Å². The van der Waals surface area contributed by atoms with E-state index in [0.717, 1.165) is 0 Å². The molecule has 0 aliphatic rings. The number of benzene rings is 1. The minimum atomic E-state index is -0.252. The summed E-state index contributed by atoms with van der Waals surface area (Å²) < 4.78 is 13.6. The monoisotopic (exact) mass is 262 g/mol. The summed E-state index contributed by atoms with van der Waals surface area (Å²) >= 11 is 2.02. The molecule has 0 fully saturated rings. The third-order valence-electron chi connectivity index (χ3n) is 1.44. The van der Waals surface area contributed by atoms with Gasteiger partial charge in [-0.2, -0.15) is 0 Å². The molecule has 0 bridgehead atoms. The smallest absolute Gasteiger partial charge is 0.169 e. The molecule has 0 saturated carbocycles. The number of rotatable bonds is 0. The Bertz CT molecular complexity index is 396. The van der Waals surface area contributed by atoms with Gasteiger partial charge >= 0.3 is 0 Å². The maximum absolute atomic E-state index is 12.9. The molecule has 1 aromatic carbocycles. The van der Waals surface area contributed by atoms with Crippen molar-refractivity contribution in [2.45, 2.75) is 0 Å². The van der Waals surface area contributed by atoms with Crippen LogP contribution < -0.4 is 0 Å². The molecule has 56 valence electrons. The second-order valence-corrected chi connectivity index (χ2v) is 3.18. The highest BCUT2D eigenvalue weighted by molar-refractivity contribution is 14.1. The van der Waals surface area contributed by atoms with Crippen LogP contribution >= 0.6 is 22.6 Å². The van der Waals surface area contributed by atoms with Crippen molar-refractivity contribution in [3.63, 3.8) is 0 Å². The number of fused-ring (bicyclic) bond motifs is 1. The molecule has 0 unspecified atom stereocenters. The highest BCUT2D eigenvalue weighted by Gasteiger charge is 2.03. The predicted octanol–water partition coefficient (Wildman–Crippen LogP) is 2.31. The summed E-state index contributed by atoms with van der Waals surface area (Å²) in [5, 5.41) is 0. The van der Waals surface area contributed by atoms with Gasteiger partial charge in [0.25, 0.3) is 0 Å². The van der Waals surface area contributed by atoms with E-state index < -0.39 is 0 Å². The van der Waals surface area contributed by atoms with Crippen LogP contribution in [0.4, 0.5) is 4.39 Å². The summed E-state index contributed by atoms with van der Waals surface area (Å²) in [6.07, 6.45) is 0. The number of hydrogen-bond acceptors (Lipinski definition) is 1. The van der Waals surface area contributed by atoms with Gasteiger partial charge in [0, 0.05) is 0 Å². The Morgan fingerprint density at radius 2 is 2.27 bits per heavy atom. The Hall–Kier alpha value is -0.650. The van der Waals surface area contributed by atoms with Crippen molar-refractivity contribution in [2.75, 3.05) is 0 Å². The largest absolute Gasteiger partial charge is 0.331 e. The molecule has 0 aliphatic heterocycles. The van der Waals surface area contributed by atoms with E-state index in [1.54, 1.807) is 12.1 Å². The number of aromatic amines is 1. The highest BCUT2D eigenvalue weighted by atomic mass is 127. The van der Waals surface area contributed by atoms with Gasteiger partial charge in [-0.3, -0.25) is 0 Å². The van der Waals surface area contributed by atoms with Gasteiger partial charge in [-0.1, -0.05) is 6.07 Å². The third kappa shape index (κ3) is 1.11. The maximum atomic E-state index is 12.9. The fourth-order valence-electron chi connectivity index (χ4n) is 0.967. The third-order valence-corrected chi connectivity index (χ3v) is 1.95. The average Bonchev–Trinajstić information content (AvgIpc) is 2.31. The molecule has 0 atom stereocenters. The van der Waals surface area contributed by atoms with Crippen molar-refractivity contribution < 1.29 is 4.39 Å². The van der Waals surface area contributed by atoms with E-state index in [1.165, 1.54) is 6.07 Å². The number of aromatic nitrogens is 2. The van der Waals surface area contributed by atoms with Gasteiger partial charge in [0.1, 0.15) is 11.3 Å². The molecule has 0 aliphatic carbocycles. The van der Waals surface area contributed by atoms with E-state index in [2.05, 4.69) is 9.97 Å². The SMILES string of the molecule is Fc1cccc2nc(I)[nH]c12. The van der Waals surface area contributed by atoms with Crippen molar-refractivity contribution >= 4 is 33.6 Å². The predicted molar refractivity (Wildman–Crippen MR) is 48.8 cm³/mol. The van der Waals surface area contributed by atoms with Crippen molar-refractivity contribution in [3.05, 3.63) is 27.8 Å². The van der Waals surface area contributed by atoms with E-state index in [4.69, 9.17) is 0 Å². The van der Waals surface area contributed by atoms with Gasteiger partial charge in [0.2, 0.25) is 0 Å². The van der Waals surface area contributed by atoms with Crippen LogP contribution in [0, 0.1) is 9.65 Å². The van der Waals surface area contributed by atoms with Crippen LogP contribution in [0.3, 0.4) is 0 Å². The first-order chi connectivity index (χ1) is 5.27. The number of halogens is 2. The standard InChI is InChI=1S/C7H4FIN2/c8-4-2-1-3-5-6(4)11-7(9)10-5/h1-3H,(H,10,11). The van der Waals surface area contributed by atoms with E-state index in [-0.39, 0.29) is 5.82 Å². The molecule has 1 N–H and O–H groups in total. The van der Waals surface area contributed by atoms with Crippen LogP contribution in [-0.2, 0) is 0 Å². The number of nitrogens with one attached hydrogen (secondary N) is 1. The Morgan fingerprint density at radius 3 is 3.00 bits per heavy atom. The lowest BCUT2D eigenvalue weighted by Gasteiger charge is -1.87. The summed E-state index contributed by atoms with van der Waals surface area (Å²) in [6, 6.07) is 4.84. The highest BCUT2D eigenvalue weighted by Crippen LogP contribution is 2.15. The Kier molecular flexibility index (Phi) is 1.56. The first-order valence-corrected chi connectivity index (χ1v) is 4.15. The molecule has 0 saturated heterocycles. The van der Waals surface area contributed by atoms with Crippen molar-refractivity contribution in [3.8, 4) is 0 Å². The molecule has 0 amide bonds. The quantitative estimate of drug-likeness (QED) is 0.725. The van der Waals surface area contributed by atoms with Crippen LogP contribution in [-0.4, -0.2) is 9.97 Å². The fourth-order valence-corrected chi connectivity index (χ4v) is 1.50. The van der Waals surface area contributed by atoms with Crippen LogP contribution in [0.15, 0.2) is 18.2 Å². The van der Waals surface area contributed by atoms with Gasteiger partial charge in [0.05, 0.1) is 5.52 Å². The molecular formula is C7H4FIN2. The fraction of sp³-hybridized carbons (Fsp3) is 0. The minimum Gasteiger partial charge on any atom is -0.331 e. The summed E-state index contributed by atoms with van der Waals surface area (Å²) in [5.41, 5.74) is 1.16. The minimum absolute atomic E-state index is 0.252. The van der Waals surface area contributed by atoms with Gasteiger partial charge in [0.15, 0.2) is 3.83 Å². The number of nitrogens with zero attached hydrogens (tertiary/aromatic N) is 1. The average molecular weight is 262 g/mol. The van der Waals surface area contributed by atoms with Crippen molar-refractivity contribution in [1.29, 1.82) is 0 Å². The Labute approximate surface area is 76.0 Å². The number of imidazole rings is 1. The molecule has 1 heterocycles. The molecule has 0 radical (unpaired) electrons. The number of H-pyrrole nitrogens is 1. The summed E-state index contributed by atoms with van der Waals surface area (Å²) in [4.78, 5) is 6.89. The van der Waals surface area contributed by atoms with Crippen LogP contribution in [0.25, 0.3) is 11.0 Å². The normalized spacial score (nSPS) is 10.7. The van der Waals surface area contributed by atoms with Crippen LogP contribution in [0.1, 0.15) is 0 Å². The van der Waals surface area contributed by atoms with E-state index in [9.17, 15) is 4.39 Å². The summed E-state index contributed by atoms with van der Waals surface area (Å²) in [6.45, 7) is 0. The second kappa shape index (κ2) is 2.44. The molecular weight excluding hydrogens is 258 g/mol. The second-order valence-electron chi connectivity index (χ2n) is 2.16. The molecule has 2 nitrogen and oxygen atoms in total. The lowest BCUT2D eigenvalue weighted by molar-refractivity contribution is 0.637. The Morgan fingerprint density at radius 1 is 1.45 bits per heavy atom. The summed E-state index contributed by atoms with van der Waals surface area (Å²) in [5.74, 6) is -0.252. The van der Waals surface area contributed by atoms with Crippen molar-refractivity contribution in [2.24, 2.45) is 0 Å². The Balaban J connectivity index is 2.90. The number of hydrogen-bond donors (Lipinski definition) is 1. The zero-order chi connectivity index (χ0) is 7.84. The zero-order valence-corrected chi connectivity index (χ0v) is 7.59. The molecule has 11 heavy (non-hydrogen) atoms. The lowest BCUT2D eigenvalue weighted by Crippen LogP contribution is -1.75. The lowest BCUT2D eigenvalue weighted by atomic mass is 10.3. The van der Waals surface area contributed by atoms with Crippen LogP contribution in [0.2, 0.25) is 0 Å². The van der Waals surface area contributed by atoms with Gasteiger partial charge in [-0.05, 0) is 34.7 Å². The van der Waals surface area contributed by atoms with Gasteiger partial charge in [-0.15, -0.1) is 0 Å². The van der Waals surface area contributed by atoms with E-state index in [0.29, 0.717) is 14.9 Å². The molecule has 2 aromatic rings. The first kappa shape index (κ1) is 7.02. The zero-order valence-electron chi connectivity index (χ0n) is 5.44. The molecule has 1 aromatic heterocycles. The topological polar surface area (TPSA) is 28.7 Å². The van der Waals surface area contributed by atoms with Crippen LogP contribution in [0.5, 0.6) is 0 Å². The number of para-hydroxylation sites is 1. The molecule has 2 rings (SSSR count). The molecule has 4 heteroatoms. The van der Waals surface area contributed by atoms with E-state index in [1.807, 2.05) is 22.6 Å².